The number of amides is 1. The largest absolute Gasteiger partial charge is 0.354 e. The third-order valence-electron chi connectivity index (χ3n) is 4.41. The quantitative estimate of drug-likeness (QED) is 0.631. The predicted molar refractivity (Wildman–Crippen MR) is 104 cm³/mol. The lowest BCUT2D eigenvalue weighted by atomic mass is 10.1. The smallest absolute Gasteiger partial charge is 0.274 e. The molecular formula is C20H20FN3O2S. The minimum atomic E-state index is -0.342. The maximum absolute atomic E-state index is 13.7. The predicted octanol–water partition coefficient (Wildman–Crippen LogP) is 4.58. The molecule has 0 spiro atoms. The number of aryl methyl sites for hydroxylation is 2. The molecule has 1 aromatic carbocycles. The van der Waals surface area contributed by atoms with Gasteiger partial charge in [0.15, 0.2) is 10.9 Å². The Balaban J connectivity index is 1.74. The second-order valence-corrected chi connectivity index (χ2v) is 7.64. The summed E-state index contributed by atoms with van der Waals surface area (Å²) in [6, 6.07) is 5.14. The van der Waals surface area contributed by atoms with Crippen molar-refractivity contribution >= 4 is 28.2 Å². The highest BCUT2D eigenvalue weighted by Crippen LogP contribution is 2.24. The average molecular weight is 385 g/mol. The first-order chi connectivity index (χ1) is 12.8. The molecular weight excluding hydrogens is 365 g/mol. The molecule has 0 aliphatic rings. The number of aromatic amines is 1. The molecule has 5 nitrogen and oxygen atoms in total. The fourth-order valence-electron chi connectivity index (χ4n) is 3.06. The Morgan fingerprint density at radius 3 is 2.63 bits per heavy atom. The van der Waals surface area contributed by atoms with Gasteiger partial charge in [0.25, 0.3) is 5.91 Å². The van der Waals surface area contributed by atoms with Gasteiger partial charge in [-0.05, 0) is 50.5 Å². The number of ketones is 1. The van der Waals surface area contributed by atoms with Crippen molar-refractivity contribution in [2.24, 2.45) is 0 Å². The van der Waals surface area contributed by atoms with Crippen molar-refractivity contribution in [1.82, 2.24) is 9.97 Å². The summed E-state index contributed by atoms with van der Waals surface area (Å²) < 4.78 is 13.7. The lowest BCUT2D eigenvalue weighted by Gasteiger charge is -2.02. The number of H-pyrrole nitrogens is 1. The molecule has 0 bridgehead atoms. The number of hydrogen-bond donors (Lipinski definition) is 2. The molecule has 0 fully saturated rings. The summed E-state index contributed by atoms with van der Waals surface area (Å²) in [5, 5.41) is 3.21. The van der Waals surface area contributed by atoms with Crippen LogP contribution in [0, 0.1) is 26.6 Å². The Labute approximate surface area is 160 Å². The molecule has 1 amide bonds. The van der Waals surface area contributed by atoms with Gasteiger partial charge in [-0.3, -0.25) is 14.9 Å². The number of hydrogen-bond acceptors (Lipinski definition) is 4. The normalized spacial score (nSPS) is 10.9. The minimum absolute atomic E-state index is 0.0813. The first-order valence-corrected chi connectivity index (χ1v) is 9.29. The van der Waals surface area contributed by atoms with E-state index in [0.29, 0.717) is 39.6 Å². The first-order valence-electron chi connectivity index (χ1n) is 8.47. The maximum Gasteiger partial charge on any atom is 0.274 e. The van der Waals surface area contributed by atoms with E-state index in [9.17, 15) is 14.0 Å². The van der Waals surface area contributed by atoms with Crippen LogP contribution in [0.25, 0.3) is 0 Å². The molecule has 140 valence electrons. The van der Waals surface area contributed by atoms with Crippen molar-refractivity contribution in [3.8, 4) is 0 Å². The number of carbonyl (C=O) groups excluding carboxylic acids is 2. The van der Waals surface area contributed by atoms with Crippen LogP contribution in [-0.2, 0) is 6.42 Å². The van der Waals surface area contributed by atoms with Gasteiger partial charge in [-0.15, -0.1) is 11.3 Å². The van der Waals surface area contributed by atoms with Crippen LogP contribution in [-0.4, -0.2) is 21.7 Å². The summed E-state index contributed by atoms with van der Waals surface area (Å²) in [4.78, 5) is 32.4. The summed E-state index contributed by atoms with van der Waals surface area (Å²) in [7, 11) is 0. The summed E-state index contributed by atoms with van der Waals surface area (Å²) >= 11 is 1.34. The van der Waals surface area contributed by atoms with E-state index in [1.807, 2.05) is 6.07 Å². The zero-order chi connectivity index (χ0) is 19.7. The number of carbonyl (C=O) groups is 2. The highest BCUT2D eigenvalue weighted by molar-refractivity contribution is 7.15. The third kappa shape index (κ3) is 3.98. The van der Waals surface area contributed by atoms with E-state index in [1.54, 1.807) is 33.0 Å². The zero-order valence-electron chi connectivity index (χ0n) is 15.6. The minimum Gasteiger partial charge on any atom is -0.354 e. The van der Waals surface area contributed by atoms with E-state index in [-0.39, 0.29) is 17.5 Å². The van der Waals surface area contributed by atoms with Crippen LogP contribution < -0.4 is 5.32 Å². The van der Waals surface area contributed by atoms with Crippen molar-refractivity contribution < 1.29 is 14.0 Å². The van der Waals surface area contributed by atoms with Crippen molar-refractivity contribution in [1.29, 1.82) is 0 Å². The fourth-order valence-corrected chi connectivity index (χ4v) is 3.90. The van der Waals surface area contributed by atoms with Gasteiger partial charge in [-0.2, -0.15) is 0 Å². The number of aromatic nitrogens is 2. The first kappa shape index (κ1) is 19.0. The van der Waals surface area contributed by atoms with E-state index in [1.165, 1.54) is 24.3 Å². The monoisotopic (exact) mass is 385 g/mol. The van der Waals surface area contributed by atoms with Crippen molar-refractivity contribution in [3.63, 3.8) is 0 Å². The summed E-state index contributed by atoms with van der Waals surface area (Å²) in [5.74, 6) is -0.656. The number of halogens is 1. The van der Waals surface area contributed by atoms with Crippen molar-refractivity contribution in [2.45, 2.75) is 34.1 Å². The molecule has 2 heterocycles. The molecule has 0 aliphatic carbocycles. The van der Waals surface area contributed by atoms with E-state index < -0.39 is 0 Å². The SMILES string of the molecule is CC(=O)c1c(C)[nH]c(C(=O)Nc2ncc(Cc3ccc(C)c(F)c3)s2)c1C. The molecule has 0 saturated heterocycles. The third-order valence-corrected chi connectivity index (χ3v) is 5.32. The number of nitrogens with one attached hydrogen (secondary N) is 2. The van der Waals surface area contributed by atoms with Crippen LogP contribution >= 0.6 is 11.3 Å². The molecule has 2 N–H and O–H groups in total. The van der Waals surface area contributed by atoms with Crippen LogP contribution in [0.4, 0.5) is 9.52 Å². The van der Waals surface area contributed by atoms with Crippen LogP contribution in [0.15, 0.2) is 24.4 Å². The van der Waals surface area contributed by atoms with Gasteiger partial charge < -0.3 is 4.98 Å². The van der Waals surface area contributed by atoms with Gasteiger partial charge in [0.2, 0.25) is 0 Å². The van der Waals surface area contributed by atoms with Crippen LogP contribution in [0.2, 0.25) is 0 Å². The fraction of sp³-hybridized carbons (Fsp3) is 0.250. The zero-order valence-corrected chi connectivity index (χ0v) is 16.4. The number of rotatable bonds is 5. The van der Waals surface area contributed by atoms with Crippen molar-refractivity contribution in [2.75, 3.05) is 5.32 Å². The molecule has 3 rings (SSSR count). The highest BCUT2D eigenvalue weighted by atomic mass is 32.1. The second-order valence-electron chi connectivity index (χ2n) is 6.53. The molecule has 0 aliphatic heterocycles. The Hall–Kier alpha value is -2.80. The Bertz CT molecular complexity index is 1040. The van der Waals surface area contributed by atoms with E-state index >= 15 is 0 Å². The number of benzene rings is 1. The second kappa shape index (κ2) is 7.44. The Morgan fingerprint density at radius 1 is 1.26 bits per heavy atom. The molecule has 0 atom stereocenters. The molecule has 2 aromatic heterocycles. The van der Waals surface area contributed by atoms with Crippen LogP contribution in [0.5, 0.6) is 0 Å². The lowest BCUT2D eigenvalue weighted by molar-refractivity contribution is 0.101. The van der Waals surface area contributed by atoms with Gasteiger partial charge in [-0.25, -0.2) is 9.37 Å². The van der Waals surface area contributed by atoms with Gasteiger partial charge in [-0.1, -0.05) is 12.1 Å². The molecule has 7 heteroatoms. The molecule has 0 radical (unpaired) electrons. The van der Waals surface area contributed by atoms with Gasteiger partial charge in [0.05, 0.1) is 0 Å². The van der Waals surface area contributed by atoms with E-state index in [0.717, 1.165) is 10.4 Å². The van der Waals surface area contributed by atoms with Gasteiger partial charge in [0.1, 0.15) is 11.5 Å². The topological polar surface area (TPSA) is 74.8 Å². The molecule has 27 heavy (non-hydrogen) atoms. The number of nitrogens with zero attached hydrogens (tertiary/aromatic N) is 1. The maximum atomic E-state index is 13.7. The summed E-state index contributed by atoms with van der Waals surface area (Å²) in [6.07, 6.45) is 2.21. The average Bonchev–Trinajstić information content (AvgIpc) is 3.14. The summed E-state index contributed by atoms with van der Waals surface area (Å²) in [5.41, 5.74) is 3.66. The molecule has 0 saturated carbocycles. The van der Waals surface area contributed by atoms with Crippen LogP contribution in [0.3, 0.4) is 0 Å². The number of Topliss-reactive ketones (excluding diaryl/α,β-unsaturated/α-hetero) is 1. The Morgan fingerprint density at radius 2 is 2.00 bits per heavy atom. The van der Waals surface area contributed by atoms with E-state index in [2.05, 4.69) is 15.3 Å². The van der Waals surface area contributed by atoms with E-state index in [4.69, 9.17) is 0 Å². The van der Waals surface area contributed by atoms with Gasteiger partial charge in [0, 0.05) is 28.8 Å². The number of thiazole rings is 1. The van der Waals surface area contributed by atoms with Gasteiger partial charge >= 0.3 is 0 Å². The molecule has 3 aromatic rings. The molecule has 0 unspecified atom stereocenters. The lowest BCUT2D eigenvalue weighted by Crippen LogP contribution is -2.13. The number of anilines is 1. The standard InChI is InChI=1S/C20H20FN3O2S/c1-10-5-6-14(8-16(10)21)7-15-9-22-20(27-15)24-19(26)18-11(2)17(13(4)25)12(3)23-18/h5-6,8-9,23H,7H2,1-4H3,(H,22,24,26). The summed E-state index contributed by atoms with van der Waals surface area (Å²) in [6.45, 7) is 6.71. The van der Waals surface area contributed by atoms with Crippen LogP contribution in [0.1, 0.15) is 55.0 Å². The van der Waals surface area contributed by atoms with Crippen molar-refractivity contribution in [3.05, 3.63) is 68.7 Å². The highest BCUT2D eigenvalue weighted by Gasteiger charge is 2.20. The Kier molecular flexibility index (Phi) is 5.23.